The summed E-state index contributed by atoms with van der Waals surface area (Å²) in [5.74, 6) is 1.53. The van der Waals surface area contributed by atoms with E-state index in [-0.39, 0.29) is 6.04 Å². The van der Waals surface area contributed by atoms with Gasteiger partial charge in [0, 0.05) is 12.6 Å². The van der Waals surface area contributed by atoms with E-state index in [4.69, 9.17) is 10.5 Å². The van der Waals surface area contributed by atoms with Crippen molar-refractivity contribution in [2.24, 2.45) is 5.73 Å². The topological polar surface area (TPSA) is 53.1 Å². The van der Waals surface area contributed by atoms with Crippen molar-refractivity contribution >= 4 is 0 Å². The average molecular weight is 231 g/mol. The Hall–Kier alpha value is -1.81. The van der Waals surface area contributed by atoms with Crippen LogP contribution in [0.2, 0.25) is 0 Å². The van der Waals surface area contributed by atoms with Gasteiger partial charge in [0.25, 0.3) is 0 Å². The summed E-state index contributed by atoms with van der Waals surface area (Å²) in [6.45, 7) is 4.82. The van der Waals surface area contributed by atoms with Crippen LogP contribution in [-0.4, -0.2) is 9.78 Å². The number of hydrogen-bond acceptors (Lipinski definition) is 3. The van der Waals surface area contributed by atoms with Crippen molar-refractivity contribution in [2.45, 2.75) is 26.4 Å². The Kier molecular flexibility index (Phi) is 3.44. The molecule has 0 radical (unpaired) electrons. The summed E-state index contributed by atoms with van der Waals surface area (Å²) in [7, 11) is 0. The SMILES string of the molecule is CCn1cc(Oc2cccc(C(C)N)c2)cn1. The fraction of sp³-hybridized carbons (Fsp3) is 0.308. The zero-order valence-corrected chi connectivity index (χ0v) is 10.1. The van der Waals surface area contributed by atoms with Crippen molar-refractivity contribution in [1.29, 1.82) is 0 Å². The second-order valence-electron chi connectivity index (χ2n) is 3.99. The molecular formula is C13H17N3O. The molecule has 0 amide bonds. The molecule has 1 unspecified atom stereocenters. The molecule has 90 valence electrons. The predicted molar refractivity (Wildman–Crippen MR) is 67.0 cm³/mol. The van der Waals surface area contributed by atoms with Crippen molar-refractivity contribution < 1.29 is 4.74 Å². The van der Waals surface area contributed by atoms with E-state index in [1.807, 2.05) is 49.0 Å². The van der Waals surface area contributed by atoms with Crippen molar-refractivity contribution in [3.63, 3.8) is 0 Å². The molecule has 0 fully saturated rings. The number of aromatic nitrogens is 2. The van der Waals surface area contributed by atoms with Gasteiger partial charge >= 0.3 is 0 Å². The van der Waals surface area contributed by atoms with Gasteiger partial charge in [0.2, 0.25) is 0 Å². The molecule has 0 aliphatic carbocycles. The smallest absolute Gasteiger partial charge is 0.165 e. The van der Waals surface area contributed by atoms with Crippen LogP contribution in [0.4, 0.5) is 0 Å². The fourth-order valence-electron chi connectivity index (χ4n) is 1.57. The van der Waals surface area contributed by atoms with Gasteiger partial charge < -0.3 is 10.5 Å². The van der Waals surface area contributed by atoms with E-state index in [0.717, 1.165) is 23.6 Å². The Morgan fingerprint density at radius 2 is 2.24 bits per heavy atom. The van der Waals surface area contributed by atoms with Gasteiger partial charge in [-0.15, -0.1) is 0 Å². The van der Waals surface area contributed by atoms with Gasteiger partial charge in [-0.2, -0.15) is 5.10 Å². The molecule has 4 nitrogen and oxygen atoms in total. The first-order valence-corrected chi connectivity index (χ1v) is 5.75. The van der Waals surface area contributed by atoms with Crippen LogP contribution < -0.4 is 10.5 Å². The number of ether oxygens (including phenoxy) is 1. The van der Waals surface area contributed by atoms with Crippen molar-refractivity contribution in [1.82, 2.24) is 9.78 Å². The molecule has 0 aliphatic heterocycles. The lowest BCUT2D eigenvalue weighted by Gasteiger charge is -2.08. The summed E-state index contributed by atoms with van der Waals surface area (Å²) in [6.07, 6.45) is 3.58. The lowest BCUT2D eigenvalue weighted by molar-refractivity contribution is 0.480. The molecule has 0 bridgehead atoms. The van der Waals surface area contributed by atoms with Crippen LogP contribution in [0.3, 0.4) is 0 Å². The lowest BCUT2D eigenvalue weighted by atomic mass is 10.1. The van der Waals surface area contributed by atoms with Crippen molar-refractivity contribution in [3.8, 4) is 11.5 Å². The molecule has 0 saturated heterocycles. The van der Waals surface area contributed by atoms with Gasteiger partial charge in [-0.1, -0.05) is 12.1 Å². The zero-order chi connectivity index (χ0) is 12.3. The van der Waals surface area contributed by atoms with Gasteiger partial charge in [0.05, 0.1) is 12.4 Å². The number of hydrogen-bond donors (Lipinski definition) is 1. The highest BCUT2D eigenvalue weighted by Crippen LogP contribution is 2.23. The maximum atomic E-state index is 5.83. The van der Waals surface area contributed by atoms with Crippen molar-refractivity contribution in [3.05, 3.63) is 42.2 Å². The van der Waals surface area contributed by atoms with E-state index in [1.54, 1.807) is 6.20 Å². The highest BCUT2D eigenvalue weighted by molar-refractivity contribution is 5.33. The molecule has 0 aliphatic rings. The monoisotopic (exact) mass is 231 g/mol. The molecule has 0 saturated carbocycles. The summed E-state index contributed by atoms with van der Waals surface area (Å²) in [6, 6.07) is 7.81. The normalized spacial score (nSPS) is 12.4. The third-order valence-electron chi connectivity index (χ3n) is 2.55. The third kappa shape index (κ3) is 2.85. The van der Waals surface area contributed by atoms with E-state index >= 15 is 0 Å². The Morgan fingerprint density at radius 3 is 2.88 bits per heavy atom. The van der Waals surface area contributed by atoms with E-state index in [2.05, 4.69) is 5.10 Å². The van der Waals surface area contributed by atoms with E-state index in [1.165, 1.54) is 0 Å². The number of nitrogens with zero attached hydrogens (tertiary/aromatic N) is 2. The summed E-state index contributed by atoms with van der Waals surface area (Å²) in [4.78, 5) is 0. The molecule has 1 atom stereocenters. The Bertz CT molecular complexity index is 491. The zero-order valence-electron chi connectivity index (χ0n) is 10.1. The van der Waals surface area contributed by atoms with Crippen LogP contribution in [-0.2, 0) is 6.54 Å². The molecule has 4 heteroatoms. The molecule has 2 rings (SSSR count). The van der Waals surface area contributed by atoms with Gasteiger partial charge in [-0.3, -0.25) is 4.68 Å². The molecule has 2 N–H and O–H groups in total. The summed E-state index contributed by atoms with van der Waals surface area (Å²) >= 11 is 0. The largest absolute Gasteiger partial charge is 0.454 e. The summed E-state index contributed by atoms with van der Waals surface area (Å²) in [5.41, 5.74) is 6.89. The number of rotatable bonds is 4. The Balaban J connectivity index is 2.15. The molecule has 0 spiro atoms. The Morgan fingerprint density at radius 1 is 1.41 bits per heavy atom. The highest BCUT2D eigenvalue weighted by atomic mass is 16.5. The van der Waals surface area contributed by atoms with Gasteiger partial charge in [0.15, 0.2) is 5.75 Å². The van der Waals surface area contributed by atoms with Gasteiger partial charge in [0.1, 0.15) is 5.75 Å². The summed E-state index contributed by atoms with van der Waals surface area (Å²) in [5, 5.41) is 4.16. The summed E-state index contributed by atoms with van der Waals surface area (Å²) < 4.78 is 7.54. The molecular weight excluding hydrogens is 214 g/mol. The van der Waals surface area contributed by atoms with E-state index in [0.29, 0.717) is 0 Å². The Labute approximate surface area is 101 Å². The van der Waals surface area contributed by atoms with Crippen LogP contribution in [0.15, 0.2) is 36.7 Å². The third-order valence-corrected chi connectivity index (χ3v) is 2.55. The first-order chi connectivity index (χ1) is 8.19. The minimum Gasteiger partial charge on any atom is -0.454 e. The molecule has 1 aromatic carbocycles. The standard InChI is InChI=1S/C13H17N3O/c1-3-16-9-13(8-15-16)17-12-6-4-5-11(7-12)10(2)14/h4-10H,3,14H2,1-2H3. The van der Waals surface area contributed by atoms with E-state index < -0.39 is 0 Å². The number of nitrogens with two attached hydrogens (primary N) is 1. The van der Waals surface area contributed by atoms with Gasteiger partial charge in [-0.05, 0) is 31.5 Å². The maximum Gasteiger partial charge on any atom is 0.165 e. The number of aryl methyl sites for hydroxylation is 1. The first-order valence-electron chi connectivity index (χ1n) is 5.75. The lowest BCUT2D eigenvalue weighted by Crippen LogP contribution is -2.04. The van der Waals surface area contributed by atoms with E-state index in [9.17, 15) is 0 Å². The molecule has 17 heavy (non-hydrogen) atoms. The fourth-order valence-corrected chi connectivity index (χ4v) is 1.57. The molecule has 1 aromatic heterocycles. The van der Waals surface area contributed by atoms with Crippen molar-refractivity contribution in [2.75, 3.05) is 0 Å². The minimum absolute atomic E-state index is 0.0110. The molecule has 2 aromatic rings. The van der Waals surface area contributed by atoms with Crippen LogP contribution in [0.1, 0.15) is 25.5 Å². The van der Waals surface area contributed by atoms with Crippen LogP contribution in [0, 0.1) is 0 Å². The van der Waals surface area contributed by atoms with Crippen LogP contribution in [0.25, 0.3) is 0 Å². The van der Waals surface area contributed by atoms with Crippen LogP contribution in [0.5, 0.6) is 11.5 Å². The second-order valence-corrected chi connectivity index (χ2v) is 3.99. The minimum atomic E-state index is 0.0110. The highest BCUT2D eigenvalue weighted by Gasteiger charge is 2.03. The predicted octanol–water partition coefficient (Wildman–Crippen LogP) is 2.71. The second kappa shape index (κ2) is 5.01. The molecule has 1 heterocycles. The first kappa shape index (κ1) is 11.7. The number of benzene rings is 1. The maximum absolute atomic E-state index is 5.83. The quantitative estimate of drug-likeness (QED) is 0.880. The van der Waals surface area contributed by atoms with Gasteiger partial charge in [-0.25, -0.2) is 0 Å². The van der Waals surface area contributed by atoms with Crippen LogP contribution >= 0.6 is 0 Å². The average Bonchev–Trinajstić information content (AvgIpc) is 2.77.